The van der Waals surface area contributed by atoms with Crippen molar-refractivity contribution in [1.82, 2.24) is 15.0 Å². The third-order valence-corrected chi connectivity index (χ3v) is 3.66. The lowest BCUT2D eigenvalue weighted by Gasteiger charge is -2.36. The van der Waals surface area contributed by atoms with Crippen LogP contribution in [0.15, 0.2) is 22.7 Å². The zero-order valence-electron chi connectivity index (χ0n) is 13.2. The number of amides is 2. The Bertz CT molecular complexity index is 687. The minimum absolute atomic E-state index is 0.0989. The van der Waals surface area contributed by atoms with Gasteiger partial charge in [-0.25, -0.2) is 4.79 Å². The SMILES string of the molecule is COc1cc(NC(=O)N2CC(c3nc(C)no3)C2)cc(OC)c1. The van der Waals surface area contributed by atoms with E-state index in [0.717, 1.165) is 0 Å². The van der Waals surface area contributed by atoms with Crippen molar-refractivity contribution in [2.75, 3.05) is 32.6 Å². The van der Waals surface area contributed by atoms with E-state index in [9.17, 15) is 4.79 Å². The predicted molar refractivity (Wildman–Crippen MR) is 81.9 cm³/mol. The van der Waals surface area contributed by atoms with Crippen molar-refractivity contribution in [3.05, 3.63) is 29.9 Å². The molecule has 1 aromatic carbocycles. The van der Waals surface area contributed by atoms with E-state index in [4.69, 9.17) is 14.0 Å². The first-order valence-corrected chi connectivity index (χ1v) is 7.18. The molecule has 2 heterocycles. The fourth-order valence-corrected chi connectivity index (χ4v) is 2.36. The molecular formula is C15H18N4O4. The topological polar surface area (TPSA) is 89.7 Å². The molecule has 1 N–H and O–H groups in total. The number of nitrogens with zero attached hydrogens (tertiary/aromatic N) is 3. The normalized spacial score (nSPS) is 14.3. The van der Waals surface area contributed by atoms with Gasteiger partial charge in [-0.2, -0.15) is 4.98 Å². The summed E-state index contributed by atoms with van der Waals surface area (Å²) in [4.78, 5) is 18.1. The van der Waals surface area contributed by atoms with Crippen LogP contribution in [0.1, 0.15) is 17.6 Å². The number of likely N-dealkylation sites (tertiary alicyclic amines) is 1. The number of nitrogens with one attached hydrogen (secondary N) is 1. The molecular weight excluding hydrogens is 300 g/mol. The lowest BCUT2D eigenvalue weighted by atomic mass is 10.0. The van der Waals surface area contributed by atoms with Crippen molar-refractivity contribution in [1.29, 1.82) is 0 Å². The molecule has 23 heavy (non-hydrogen) atoms. The summed E-state index contributed by atoms with van der Waals surface area (Å²) in [6.45, 7) is 2.87. The number of ether oxygens (including phenoxy) is 2. The first-order chi connectivity index (χ1) is 11.1. The number of urea groups is 1. The number of benzene rings is 1. The highest BCUT2D eigenvalue weighted by atomic mass is 16.5. The maximum Gasteiger partial charge on any atom is 0.321 e. The van der Waals surface area contributed by atoms with Gasteiger partial charge in [0.05, 0.1) is 20.1 Å². The molecule has 1 aliphatic heterocycles. The second kappa shape index (κ2) is 6.15. The Labute approximate surface area is 133 Å². The van der Waals surface area contributed by atoms with Crippen LogP contribution in [0.3, 0.4) is 0 Å². The van der Waals surface area contributed by atoms with Crippen LogP contribution in [0, 0.1) is 6.92 Å². The zero-order valence-corrected chi connectivity index (χ0v) is 13.2. The smallest absolute Gasteiger partial charge is 0.321 e. The van der Waals surface area contributed by atoms with E-state index in [1.165, 1.54) is 0 Å². The van der Waals surface area contributed by atoms with E-state index in [-0.39, 0.29) is 11.9 Å². The minimum Gasteiger partial charge on any atom is -0.497 e. The number of rotatable bonds is 4. The third kappa shape index (κ3) is 3.20. The van der Waals surface area contributed by atoms with E-state index in [1.807, 2.05) is 0 Å². The molecule has 1 saturated heterocycles. The first-order valence-electron chi connectivity index (χ1n) is 7.18. The standard InChI is InChI=1S/C15H18N4O4/c1-9-16-14(23-18-9)10-7-19(8-10)15(20)17-11-4-12(21-2)6-13(5-11)22-3/h4-6,10H,7-8H2,1-3H3,(H,17,20). The summed E-state index contributed by atoms with van der Waals surface area (Å²) in [5, 5.41) is 6.59. The van der Waals surface area contributed by atoms with E-state index >= 15 is 0 Å². The second-order valence-electron chi connectivity index (χ2n) is 5.31. The maximum absolute atomic E-state index is 12.2. The molecule has 1 aromatic heterocycles. The molecule has 0 atom stereocenters. The lowest BCUT2D eigenvalue weighted by Crippen LogP contribution is -2.50. The summed E-state index contributed by atoms with van der Waals surface area (Å²) in [6.07, 6.45) is 0. The molecule has 0 spiro atoms. The average molecular weight is 318 g/mol. The van der Waals surface area contributed by atoms with Crippen molar-refractivity contribution in [2.24, 2.45) is 0 Å². The number of carbonyl (C=O) groups is 1. The van der Waals surface area contributed by atoms with Crippen LogP contribution in [-0.2, 0) is 0 Å². The molecule has 8 heteroatoms. The van der Waals surface area contributed by atoms with Gasteiger partial charge >= 0.3 is 6.03 Å². The molecule has 2 amide bonds. The van der Waals surface area contributed by atoms with Crippen molar-refractivity contribution < 1.29 is 18.8 Å². The number of hydrogen-bond acceptors (Lipinski definition) is 6. The highest BCUT2D eigenvalue weighted by Crippen LogP contribution is 2.28. The molecule has 1 fully saturated rings. The van der Waals surface area contributed by atoms with Crippen molar-refractivity contribution in [3.63, 3.8) is 0 Å². The number of aryl methyl sites for hydroxylation is 1. The van der Waals surface area contributed by atoms with Crippen LogP contribution in [0.2, 0.25) is 0 Å². The largest absolute Gasteiger partial charge is 0.497 e. The number of carbonyl (C=O) groups excluding carboxylic acids is 1. The van der Waals surface area contributed by atoms with Crippen LogP contribution < -0.4 is 14.8 Å². The second-order valence-corrected chi connectivity index (χ2v) is 5.31. The summed E-state index contributed by atoms with van der Waals surface area (Å²) in [5.74, 6) is 2.51. The Kier molecular flexibility index (Phi) is 4.05. The van der Waals surface area contributed by atoms with Crippen LogP contribution in [0.5, 0.6) is 11.5 Å². The van der Waals surface area contributed by atoms with Crippen LogP contribution in [0.4, 0.5) is 10.5 Å². The first kappa shape index (κ1) is 15.1. The summed E-state index contributed by atoms with van der Waals surface area (Å²) < 4.78 is 15.5. The fraction of sp³-hybridized carbons (Fsp3) is 0.400. The van der Waals surface area contributed by atoms with Gasteiger partial charge in [-0.05, 0) is 6.92 Å². The van der Waals surface area contributed by atoms with Gasteiger partial charge in [0.25, 0.3) is 0 Å². The summed E-state index contributed by atoms with van der Waals surface area (Å²) in [7, 11) is 3.12. The van der Waals surface area contributed by atoms with E-state index in [2.05, 4.69) is 15.5 Å². The van der Waals surface area contributed by atoms with Gasteiger partial charge in [-0.1, -0.05) is 5.16 Å². The van der Waals surface area contributed by atoms with Gasteiger partial charge in [0.15, 0.2) is 5.82 Å². The fourth-order valence-electron chi connectivity index (χ4n) is 2.36. The number of methoxy groups -OCH3 is 2. The van der Waals surface area contributed by atoms with Crippen LogP contribution in [0.25, 0.3) is 0 Å². The quantitative estimate of drug-likeness (QED) is 0.927. The van der Waals surface area contributed by atoms with Gasteiger partial charge in [-0.15, -0.1) is 0 Å². The van der Waals surface area contributed by atoms with Gasteiger partial charge in [-0.3, -0.25) is 0 Å². The van der Waals surface area contributed by atoms with Crippen molar-refractivity contribution in [3.8, 4) is 11.5 Å². The Morgan fingerprint density at radius 3 is 2.43 bits per heavy atom. The Hall–Kier alpha value is -2.77. The van der Waals surface area contributed by atoms with Crippen LogP contribution in [-0.4, -0.2) is 48.4 Å². The third-order valence-electron chi connectivity index (χ3n) is 3.66. The van der Waals surface area contributed by atoms with E-state index in [0.29, 0.717) is 42.0 Å². The lowest BCUT2D eigenvalue weighted by molar-refractivity contribution is 0.147. The Morgan fingerprint density at radius 2 is 1.91 bits per heavy atom. The Morgan fingerprint density at radius 1 is 1.26 bits per heavy atom. The number of anilines is 1. The van der Waals surface area contributed by atoms with Gasteiger partial charge in [0.1, 0.15) is 11.5 Å². The van der Waals surface area contributed by atoms with Gasteiger partial charge in [0.2, 0.25) is 5.89 Å². The van der Waals surface area contributed by atoms with E-state index in [1.54, 1.807) is 44.2 Å². The van der Waals surface area contributed by atoms with Gasteiger partial charge < -0.3 is 24.2 Å². The van der Waals surface area contributed by atoms with E-state index < -0.39 is 0 Å². The van der Waals surface area contributed by atoms with Crippen molar-refractivity contribution in [2.45, 2.75) is 12.8 Å². The highest BCUT2D eigenvalue weighted by Gasteiger charge is 2.35. The minimum atomic E-state index is -0.187. The molecule has 1 aliphatic rings. The highest BCUT2D eigenvalue weighted by molar-refractivity contribution is 5.90. The molecule has 2 aromatic rings. The molecule has 0 saturated carbocycles. The summed E-state index contributed by atoms with van der Waals surface area (Å²) in [5.41, 5.74) is 0.614. The molecule has 0 unspecified atom stereocenters. The average Bonchev–Trinajstić information content (AvgIpc) is 2.91. The molecule has 0 bridgehead atoms. The zero-order chi connectivity index (χ0) is 16.4. The van der Waals surface area contributed by atoms with Gasteiger partial charge in [0, 0.05) is 37.0 Å². The predicted octanol–water partition coefficient (Wildman–Crippen LogP) is 2.03. The molecule has 3 rings (SSSR count). The maximum atomic E-state index is 12.2. The van der Waals surface area contributed by atoms with Crippen LogP contribution >= 0.6 is 0 Å². The molecule has 8 nitrogen and oxygen atoms in total. The monoisotopic (exact) mass is 318 g/mol. The molecule has 0 aliphatic carbocycles. The number of hydrogen-bond donors (Lipinski definition) is 1. The summed E-state index contributed by atoms with van der Waals surface area (Å²) >= 11 is 0. The number of aromatic nitrogens is 2. The Balaban J connectivity index is 1.60. The molecule has 122 valence electrons. The summed E-state index contributed by atoms with van der Waals surface area (Å²) in [6, 6.07) is 5.03. The molecule has 0 radical (unpaired) electrons. The van der Waals surface area contributed by atoms with Crippen molar-refractivity contribution >= 4 is 11.7 Å².